The summed E-state index contributed by atoms with van der Waals surface area (Å²) >= 11 is 23.2. The van der Waals surface area contributed by atoms with E-state index in [-0.39, 0.29) is 0 Å². The van der Waals surface area contributed by atoms with Gasteiger partial charge in [0.2, 0.25) is 0 Å². The van der Waals surface area contributed by atoms with E-state index >= 15 is 0 Å². The molecule has 0 heterocycles. The fourth-order valence-corrected chi connectivity index (χ4v) is 6.83. The Labute approximate surface area is 97.3 Å². The Morgan fingerprint density at radius 2 is 2.00 bits per heavy atom. The highest BCUT2D eigenvalue weighted by atomic mass is 35.5. The summed E-state index contributed by atoms with van der Waals surface area (Å²) in [6.07, 6.45) is 0.376. The summed E-state index contributed by atoms with van der Waals surface area (Å²) in [6, 6.07) is 0. The fourth-order valence-electron chi connectivity index (χ4n) is 0.744. The third kappa shape index (κ3) is 5.32. The second-order valence-corrected chi connectivity index (χ2v) is 10.2. The van der Waals surface area contributed by atoms with Gasteiger partial charge in [-0.2, -0.15) is 0 Å². The van der Waals surface area contributed by atoms with Crippen molar-refractivity contribution in [3.05, 3.63) is 0 Å². The Bertz CT molecular complexity index is 133. The van der Waals surface area contributed by atoms with Crippen molar-refractivity contribution in [2.75, 3.05) is 0 Å². The molecular formula is C5H12Cl4OSi2. The number of rotatable bonds is 5. The monoisotopic (exact) mass is 284 g/mol. The van der Waals surface area contributed by atoms with Crippen LogP contribution >= 0.6 is 46.4 Å². The Morgan fingerprint density at radius 1 is 1.50 bits per heavy atom. The zero-order valence-electron chi connectivity index (χ0n) is 6.99. The highest BCUT2D eigenvalue weighted by Gasteiger charge is 2.35. The molecule has 0 aliphatic carbocycles. The molecule has 1 nitrogen and oxygen atoms in total. The van der Waals surface area contributed by atoms with Gasteiger partial charge in [-0.05, 0) is 6.55 Å². The molecule has 0 aromatic rings. The molecule has 0 aliphatic heterocycles. The molecule has 12 heavy (non-hydrogen) atoms. The van der Waals surface area contributed by atoms with E-state index in [0.717, 1.165) is 0 Å². The van der Waals surface area contributed by atoms with E-state index in [1.807, 2.05) is 13.1 Å². The highest BCUT2D eigenvalue weighted by molar-refractivity contribution is 6.81. The summed E-state index contributed by atoms with van der Waals surface area (Å²) in [5.74, 6) is 0. The second kappa shape index (κ2) is 6.12. The van der Waals surface area contributed by atoms with E-state index in [4.69, 9.17) is 50.5 Å². The standard InChI is InChI=1S/C5H12Cl4OSi2/c1-11-10-12(2)5(8,9)3-4(6)7/h4,12H,3,11H2,1-2H3. The zero-order valence-corrected chi connectivity index (χ0v) is 12.6. The Hall–Kier alpha value is 1.55. The molecule has 74 valence electrons. The van der Waals surface area contributed by atoms with Gasteiger partial charge in [0.15, 0.2) is 9.04 Å². The van der Waals surface area contributed by atoms with Crippen molar-refractivity contribution >= 4 is 65.2 Å². The minimum atomic E-state index is -1.54. The first kappa shape index (κ1) is 13.6. The van der Waals surface area contributed by atoms with Crippen LogP contribution in [0.25, 0.3) is 0 Å². The van der Waals surface area contributed by atoms with E-state index in [1.54, 1.807) is 0 Å². The normalized spacial score (nSPS) is 16.2. The molecule has 0 N–H and O–H groups in total. The molecule has 0 spiro atoms. The topological polar surface area (TPSA) is 9.23 Å². The van der Waals surface area contributed by atoms with E-state index in [1.165, 1.54) is 0 Å². The number of halogens is 4. The van der Waals surface area contributed by atoms with Crippen molar-refractivity contribution in [3.8, 4) is 0 Å². The van der Waals surface area contributed by atoms with Gasteiger partial charge in [0, 0.05) is 6.42 Å². The molecule has 1 unspecified atom stereocenters. The van der Waals surface area contributed by atoms with Crippen LogP contribution in [0.4, 0.5) is 0 Å². The van der Waals surface area contributed by atoms with Gasteiger partial charge in [-0.25, -0.2) is 0 Å². The van der Waals surface area contributed by atoms with Crippen molar-refractivity contribution in [2.45, 2.75) is 28.3 Å². The predicted octanol–water partition coefficient (Wildman–Crippen LogP) is 2.40. The van der Waals surface area contributed by atoms with E-state index < -0.39 is 27.6 Å². The summed E-state index contributed by atoms with van der Waals surface area (Å²) in [5.41, 5.74) is 0. The van der Waals surface area contributed by atoms with Crippen LogP contribution < -0.4 is 0 Å². The van der Waals surface area contributed by atoms with Crippen LogP contribution in [0.3, 0.4) is 0 Å². The fraction of sp³-hybridized carbons (Fsp3) is 1.00. The molecule has 0 amide bonds. The van der Waals surface area contributed by atoms with Gasteiger partial charge < -0.3 is 4.12 Å². The smallest absolute Gasteiger partial charge is 0.198 e. The first-order valence-corrected chi connectivity index (χ1v) is 9.50. The first-order valence-electron chi connectivity index (χ1n) is 3.67. The maximum atomic E-state index is 6.02. The minimum absolute atomic E-state index is 0.376. The molecule has 0 saturated heterocycles. The van der Waals surface area contributed by atoms with Gasteiger partial charge in [0.25, 0.3) is 0 Å². The maximum absolute atomic E-state index is 6.02. The predicted molar refractivity (Wildman–Crippen MR) is 63.1 cm³/mol. The van der Waals surface area contributed by atoms with Gasteiger partial charge in [-0.3, -0.25) is 0 Å². The molecule has 0 aromatic heterocycles. The Balaban J connectivity index is 3.99. The Kier molecular flexibility index (Phi) is 6.91. The van der Waals surface area contributed by atoms with Crippen LogP contribution in [0, 0.1) is 0 Å². The lowest BCUT2D eigenvalue weighted by molar-refractivity contribution is 0.600. The minimum Gasteiger partial charge on any atom is -0.461 e. The van der Waals surface area contributed by atoms with Crippen LogP contribution in [0.5, 0.6) is 0 Å². The highest BCUT2D eigenvalue weighted by Crippen LogP contribution is 2.33. The van der Waals surface area contributed by atoms with Gasteiger partial charge in [-0.15, -0.1) is 46.4 Å². The lowest BCUT2D eigenvalue weighted by Crippen LogP contribution is -2.38. The molecule has 0 fully saturated rings. The summed E-state index contributed by atoms with van der Waals surface area (Å²) in [6.45, 7) is 4.01. The average Bonchev–Trinajstić information content (AvgIpc) is 1.85. The number of alkyl halides is 4. The summed E-state index contributed by atoms with van der Waals surface area (Å²) in [4.78, 5) is -0.517. The SMILES string of the molecule is C[SiH2]O[SiH](C)C(Cl)(Cl)CC(Cl)Cl. The lowest BCUT2D eigenvalue weighted by Gasteiger charge is -2.25. The third-order valence-corrected chi connectivity index (χ3v) is 8.66. The van der Waals surface area contributed by atoms with Crippen LogP contribution in [0.1, 0.15) is 6.42 Å². The summed E-state index contributed by atoms with van der Waals surface area (Å²) in [5, 5.41) is 0. The molecule has 0 radical (unpaired) electrons. The molecule has 0 rings (SSSR count). The lowest BCUT2D eigenvalue weighted by atomic mass is 10.5. The van der Waals surface area contributed by atoms with Crippen molar-refractivity contribution in [1.29, 1.82) is 0 Å². The van der Waals surface area contributed by atoms with Gasteiger partial charge in [0.05, 0.1) is 0 Å². The summed E-state index contributed by atoms with van der Waals surface area (Å²) < 4.78 is 4.67. The third-order valence-electron chi connectivity index (χ3n) is 1.44. The van der Waals surface area contributed by atoms with Crippen LogP contribution in [0.15, 0.2) is 0 Å². The van der Waals surface area contributed by atoms with Crippen molar-refractivity contribution < 1.29 is 4.12 Å². The molecule has 0 saturated carbocycles. The van der Waals surface area contributed by atoms with Crippen LogP contribution in [-0.4, -0.2) is 27.6 Å². The van der Waals surface area contributed by atoms with E-state index in [2.05, 4.69) is 0 Å². The molecule has 0 aliphatic rings. The van der Waals surface area contributed by atoms with Gasteiger partial charge >= 0.3 is 0 Å². The Morgan fingerprint density at radius 3 is 2.33 bits per heavy atom. The quantitative estimate of drug-likeness (QED) is 0.557. The van der Waals surface area contributed by atoms with Crippen LogP contribution in [-0.2, 0) is 4.12 Å². The molecule has 0 bridgehead atoms. The molecule has 1 atom stereocenters. The van der Waals surface area contributed by atoms with E-state index in [9.17, 15) is 0 Å². The largest absolute Gasteiger partial charge is 0.461 e. The van der Waals surface area contributed by atoms with Crippen LogP contribution in [0.2, 0.25) is 13.1 Å². The van der Waals surface area contributed by atoms with Crippen molar-refractivity contribution in [1.82, 2.24) is 0 Å². The molecule has 7 heteroatoms. The maximum Gasteiger partial charge on any atom is 0.198 e. The van der Waals surface area contributed by atoms with Crippen molar-refractivity contribution in [3.63, 3.8) is 0 Å². The summed E-state index contributed by atoms with van der Waals surface area (Å²) in [7, 11) is -1.98. The van der Waals surface area contributed by atoms with E-state index in [0.29, 0.717) is 6.42 Å². The number of hydrogen-bond acceptors (Lipinski definition) is 1. The first-order chi connectivity index (χ1) is 5.40. The number of hydrogen-bond donors (Lipinski definition) is 0. The molecule has 0 aromatic carbocycles. The van der Waals surface area contributed by atoms with Crippen molar-refractivity contribution in [2.24, 2.45) is 0 Å². The molecular weight excluding hydrogens is 274 g/mol. The zero-order chi connectivity index (χ0) is 9.78. The second-order valence-electron chi connectivity index (χ2n) is 2.45. The average molecular weight is 286 g/mol. The van der Waals surface area contributed by atoms with Gasteiger partial charge in [-0.1, -0.05) is 6.55 Å². The van der Waals surface area contributed by atoms with Gasteiger partial charge in [0.1, 0.15) is 18.6 Å².